The Kier molecular flexibility index (Phi) is 5.46. The molecule has 0 aliphatic heterocycles. The first kappa shape index (κ1) is 15.3. The summed E-state index contributed by atoms with van der Waals surface area (Å²) in [6.45, 7) is 1.81. The fraction of sp³-hybridized carbons (Fsp3) is 0.444. The number of halogens is 2. The maximum Gasteiger partial charge on any atom is 0.161 e. The minimum atomic E-state index is -3.03. The van der Waals surface area contributed by atoms with Gasteiger partial charge in [-0.2, -0.15) is 0 Å². The Bertz CT molecular complexity index is 522. The van der Waals surface area contributed by atoms with E-state index < -0.39 is 9.84 Å². The number of aromatic nitrogens is 1. The monoisotopic (exact) mass is 312 g/mol. The first-order valence-corrected chi connectivity index (χ1v) is 7.74. The number of anilines is 2. The van der Waals surface area contributed by atoms with Gasteiger partial charge in [0.2, 0.25) is 0 Å². The second kappa shape index (κ2) is 6.42. The predicted molar refractivity (Wildman–Crippen MR) is 74.9 cm³/mol. The van der Waals surface area contributed by atoms with Crippen molar-refractivity contribution in [3.63, 3.8) is 0 Å². The SMILES string of the molecule is CCS(=O)(=O)CCNc1nc(NN)c(Cl)cc1Cl. The molecule has 0 aromatic carbocycles. The van der Waals surface area contributed by atoms with E-state index in [4.69, 9.17) is 29.0 Å². The van der Waals surface area contributed by atoms with E-state index in [2.05, 4.69) is 15.7 Å². The van der Waals surface area contributed by atoms with Crippen molar-refractivity contribution in [3.8, 4) is 0 Å². The quantitative estimate of drug-likeness (QED) is 0.544. The zero-order valence-corrected chi connectivity index (χ0v) is 12.0. The minimum absolute atomic E-state index is 0.00945. The largest absolute Gasteiger partial charge is 0.368 e. The van der Waals surface area contributed by atoms with E-state index in [-0.39, 0.29) is 28.9 Å². The molecule has 0 aliphatic carbocycles. The molecule has 0 atom stereocenters. The summed E-state index contributed by atoms with van der Waals surface area (Å²) in [5.41, 5.74) is 2.32. The molecule has 0 saturated heterocycles. The highest BCUT2D eigenvalue weighted by Crippen LogP contribution is 2.28. The van der Waals surface area contributed by atoms with Gasteiger partial charge in [-0.1, -0.05) is 30.1 Å². The molecule has 6 nitrogen and oxygen atoms in total. The van der Waals surface area contributed by atoms with Gasteiger partial charge in [0, 0.05) is 12.3 Å². The van der Waals surface area contributed by atoms with Crippen LogP contribution in [0.2, 0.25) is 10.0 Å². The van der Waals surface area contributed by atoms with Gasteiger partial charge in [0.1, 0.15) is 5.82 Å². The summed E-state index contributed by atoms with van der Waals surface area (Å²) in [5.74, 6) is 5.94. The maximum absolute atomic E-state index is 11.3. The Morgan fingerprint density at radius 2 is 1.94 bits per heavy atom. The first-order chi connectivity index (χ1) is 8.39. The molecular formula is C9H14Cl2N4O2S. The standard InChI is InChI=1S/C9H14Cl2N4O2S/c1-2-18(16,17)4-3-13-8-6(10)5-7(11)9(14-8)15-12/h5H,2-4,12H2,1H3,(H2,13,14,15). The predicted octanol–water partition coefficient (Wildman–Crippen LogP) is 1.52. The number of nitrogen functional groups attached to an aromatic ring is 1. The topological polar surface area (TPSA) is 97.1 Å². The average molecular weight is 313 g/mol. The molecule has 1 aromatic heterocycles. The number of nitrogens with two attached hydrogens (primary N) is 1. The van der Waals surface area contributed by atoms with E-state index in [1.807, 2.05) is 0 Å². The van der Waals surface area contributed by atoms with E-state index in [0.717, 1.165) is 0 Å². The molecule has 0 saturated carbocycles. The van der Waals surface area contributed by atoms with Gasteiger partial charge in [-0.3, -0.25) is 0 Å². The van der Waals surface area contributed by atoms with Gasteiger partial charge in [-0.25, -0.2) is 19.2 Å². The zero-order valence-electron chi connectivity index (χ0n) is 9.70. The highest BCUT2D eigenvalue weighted by molar-refractivity contribution is 7.91. The van der Waals surface area contributed by atoms with Crippen LogP contribution in [-0.2, 0) is 9.84 Å². The van der Waals surface area contributed by atoms with Crippen LogP contribution in [0.4, 0.5) is 11.6 Å². The van der Waals surface area contributed by atoms with Gasteiger partial charge < -0.3 is 10.7 Å². The van der Waals surface area contributed by atoms with Crippen molar-refractivity contribution in [1.29, 1.82) is 0 Å². The number of nitrogens with zero attached hydrogens (tertiary/aromatic N) is 1. The molecule has 0 aliphatic rings. The van der Waals surface area contributed by atoms with Crippen molar-refractivity contribution >= 4 is 44.7 Å². The Morgan fingerprint density at radius 3 is 2.50 bits per heavy atom. The molecule has 1 rings (SSSR count). The average Bonchev–Trinajstić information content (AvgIpc) is 2.32. The summed E-state index contributed by atoms with van der Waals surface area (Å²) in [6, 6.07) is 1.47. The van der Waals surface area contributed by atoms with Gasteiger partial charge >= 0.3 is 0 Å². The molecule has 0 radical (unpaired) electrons. The molecule has 102 valence electrons. The number of nitrogens with one attached hydrogen (secondary N) is 2. The molecule has 0 amide bonds. The second-order valence-corrected chi connectivity index (χ2v) is 6.74. The number of rotatable bonds is 6. The van der Waals surface area contributed by atoms with Gasteiger partial charge in [0.25, 0.3) is 0 Å². The van der Waals surface area contributed by atoms with E-state index in [0.29, 0.717) is 10.8 Å². The van der Waals surface area contributed by atoms with Crippen molar-refractivity contribution in [2.75, 3.05) is 28.8 Å². The Balaban J connectivity index is 2.74. The van der Waals surface area contributed by atoms with Crippen LogP contribution in [0.5, 0.6) is 0 Å². The van der Waals surface area contributed by atoms with E-state index in [1.54, 1.807) is 6.92 Å². The summed E-state index contributed by atoms with van der Waals surface area (Å²) in [7, 11) is -3.03. The number of sulfone groups is 1. The second-order valence-electron chi connectivity index (χ2n) is 3.46. The molecule has 0 bridgehead atoms. The van der Waals surface area contributed by atoms with Gasteiger partial charge in [-0.05, 0) is 6.07 Å². The lowest BCUT2D eigenvalue weighted by Crippen LogP contribution is -2.18. The highest BCUT2D eigenvalue weighted by Gasteiger charge is 2.10. The lowest BCUT2D eigenvalue weighted by molar-refractivity contribution is 0.597. The van der Waals surface area contributed by atoms with E-state index in [9.17, 15) is 8.42 Å². The molecule has 9 heteroatoms. The van der Waals surface area contributed by atoms with Crippen LogP contribution in [0.15, 0.2) is 6.07 Å². The van der Waals surface area contributed by atoms with Gasteiger partial charge in [-0.15, -0.1) is 0 Å². The summed E-state index contributed by atoms with van der Waals surface area (Å²) < 4.78 is 22.6. The summed E-state index contributed by atoms with van der Waals surface area (Å²) >= 11 is 11.7. The maximum atomic E-state index is 11.3. The number of hydrazine groups is 1. The molecule has 18 heavy (non-hydrogen) atoms. The Labute approximate surface area is 116 Å². The van der Waals surface area contributed by atoms with E-state index >= 15 is 0 Å². The summed E-state index contributed by atoms with van der Waals surface area (Å²) in [4.78, 5) is 4.03. The van der Waals surface area contributed by atoms with E-state index in [1.165, 1.54) is 6.07 Å². The van der Waals surface area contributed by atoms with Crippen LogP contribution < -0.4 is 16.6 Å². The third-order valence-corrected chi connectivity index (χ3v) is 4.49. The normalized spacial score (nSPS) is 11.3. The van der Waals surface area contributed by atoms with Crippen LogP contribution in [-0.4, -0.2) is 31.5 Å². The molecule has 1 heterocycles. The van der Waals surface area contributed by atoms with Gasteiger partial charge in [0.05, 0.1) is 15.8 Å². The minimum Gasteiger partial charge on any atom is -0.368 e. The highest BCUT2D eigenvalue weighted by atomic mass is 35.5. The molecule has 0 unspecified atom stereocenters. The fourth-order valence-electron chi connectivity index (χ4n) is 1.16. The molecule has 0 spiro atoms. The van der Waals surface area contributed by atoms with Crippen molar-refractivity contribution in [2.45, 2.75) is 6.92 Å². The molecule has 4 N–H and O–H groups in total. The smallest absolute Gasteiger partial charge is 0.161 e. The fourth-order valence-corrected chi connectivity index (χ4v) is 2.34. The number of hydrogen-bond donors (Lipinski definition) is 3. The third kappa shape index (κ3) is 4.16. The van der Waals surface area contributed by atoms with Crippen LogP contribution in [0.3, 0.4) is 0 Å². The van der Waals surface area contributed by atoms with Crippen molar-refractivity contribution < 1.29 is 8.42 Å². The number of hydrogen-bond acceptors (Lipinski definition) is 6. The lowest BCUT2D eigenvalue weighted by atomic mass is 10.4. The first-order valence-electron chi connectivity index (χ1n) is 5.16. The van der Waals surface area contributed by atoms with Crippen molar-refractivity contribution in [1.82, 2.24) is 4.98 Å². The van der Waals surface area contributed by atoms with Gasteiger partial charge in [0.15, 0.2) is 15.7 Å². The summed E-state index contributed by atoms with van der Waals surface area (Å²) in [6.07, 6.45) is 0. The Hall–Kier alpha value is -0.760. The van der Waals surface area contributed by atoms with Crippen LogP contribution in [0.25, 0.3) is 0 Å². The molecular weight excluding hydrogens is 299 g/mol. The third-order valence-electron chi connectivity index (χ3n) is 2.21. The van der Waals surface area contributed by atoms with Crippen LogP contribution >= 0.6 is 23.2 Å². The Morgan fingerprint density at radius 1 is 1.33 bits per heavy atom. The van der Waals surface area contributed by atoms with Crippen molar-refractivity contribution in [3.05, 3.63) is 16.1 Å². The number of pyridine rings is 1. The summed E-state index contributed by atoms with van der Waals surface area (Å²) in [5, 5.41) is 3.41. The molecule has 1 aromatic rings. The molecule has 0 fully saturated rings. The van der Waals surface area contributed by atoms with Crippen molar-refractivity contribution in [2.24, 2.45) is 5.84 Å². The van der Waals surface area contributed by atoms with Crippen LogP contribution in [0.1, 0.15) is 6.92 Å². The lowest BCUT2D eigenvalue weighted by Gasteiger charge is -2.10. The zero-order chi connectivity index (χ0) is 13.8. The van der Waals surface area contributed by atoms with Crippen LogP contribution in [0, 0.1) is 0 Å².